The highest BCUT2D eigenvalue weighted by atomic mass is 79.9. The third-order valence-corrected chi connectivity index (χ3v) is 5.97. The van der Waals surface area contributed by atoms with E-state index in [4.69, 9.17) is 19.2 Å². The van der Waals surface area contributed by atoms with Crippen LogP contribution in [0.15, 0.2) is 73.4 Å². The second-order valence-corrected chi connectivity index (χ2v) is 8.68. The van der Waals surface area contributed by atoms with E-state index in [0.29, 0.717) is 44.0 Å². The van der Waals surface area contributed by atoms with Gasteiger partial charge in [0.25, 0.3) is 5.56 Å². The number of ether oxygens (including phenoxy) is 3. The van der Waals surface area contributed by atoms with Gasteiger partial charge in [-0.05, 0) is 40.2 Å². The minimum atomic E-state index is -0.301. The molecule has 0 aliphatic rings. The Morgan fingerprint density at radius 2 is 1.61 bits per heavy atom. The Balaban J connectivity index is 1.95. The first-order chi connectivity index (χ1) is 16.0. The molecule has 0 unspecified atom stereocenters. The van der Waals surface area contributed by atoms with Crippen molar-refractivity contribution in [2.45, 2.75) is 0 Å². The molecule has 4 rings (SSSR count). The van der Waals surface area contributed by atoms with Gasteiger partial charge in [-0.3, -0.25) is 4.79 Å². The molecule has 0 atom stereocenters. The molecule has 0 bridgehead atoms. The molecule has 0 aliphatic heterocycles. The molecule has 33 heavy (non-hydrogen) atoms. The van der Waals surface area contributed by atoms with Crippen molar-refractivity contribution in [3.8, 4) is 28.6 Å². The Kier molecular flexibility index (Phi) is 6.80. The summed E-state index contributed by atoms with van der Waals surface area (Å²) in [6, 6.07) is 16.5. The fourth-order valence-corrected chi connectivity index (χ4v) is 4.70. The summed E-state index contributed by atoms with van der Waals surface area (Å²) in [5, 5.41) is 4.93. The van der Waals surface area contributed by atoms with Crippen LogP contribution in [0.4, 0.5) is 0 Å². The van der Waals surface area contributed by atoms with Crippen LogP contribution in [0, 0.1) is 0 Å². The lowest BCUT2D eigenvalue weighted by Gasteiger charge is -2.13. The van der Waals surface area contributed by atoms with Crippen molar-refractivity contribution in [1.29, 1.82) is 0 Å². The van der Waals surface area contributed by atoms with Crippen molar-refractivity contribution in [1.82, 2.24) is 9.66 Å². The number of benzene rings is 3. The molecule has 4 aromatic rings. The molecule has 1 aromatic heterocycles. The molecule has 0 N–H and O–H groups in total. The lowest BCUT2D eigenvalue weighted by Crippen LogP contribution is -2.20. The van der Waals surface area contributed by atoms with Gasteiger partial charge in [0.05, 0.1) is 38.4 Å². The Morgan fingerprint density at radius 1 is 0.939 bits per heavy atom. The molecule has 0 aliphatic carbocycles. The minimum absolute atomic E-state index is 0.301. The first-order valence-corrected chi connectivity index (χ1v) is 11.4. The number of fused-ring (bicyclic) bond motifs is 1. The molecule has 0 amide bonds. The quantitative estimate of drug-likeness (QED) is 0.285. The molecule has 7 nitrogen and oxygen atoms in total. The van der Waals surface area contributed by atoms with Crippen LogP contribution in [0.2, 0.25) is 0 Å². The van der Waals surface area contributed by atoms with Gasteiger partial charge in [-0.25, -0.2) is 4.98 Å². The Hall–Kier alpha value is -3.17. The van der Waals surface area contributed by atoms with Gasteiger partial charge < -0.3 is 14.2 Å². The van der Waals surface area contributed by atoms with Crippen LogP contribution in [-0.2, 0) is 0 Å². The van der Waals surface area contributed by atoms with E-state index in [0.717, 1.165) is 10.0 Å². The largest absolute Gasteiger partial charge is 0.493 e. The fourth-order valence-electron chi connectivity index (χ4n) is 3.39. The molecule has 3 aromatic carbocycles. The highest BCUT2D eigenvalue weighted by Gasteiger charge is 2.16. The van der Waals surface area contributed by atoms with E-state index in [2.05, 4.69) is 37.0 Å². The number of rotatable bonds is 6. The Labute approximate surface area is 206 Å². The van der Waals surface area contributed by atoms with Crippen LogP contribution in [-0.4, -0.2) is 37.2 Å². The standard InChI is InChI=1S/C24H19Br2N3O4/c1-31-19-9-14(10-20(32-2)22(19)33-3)13-27-29-23(15-7-5-4-6-8-15)28-21-17(24(29)30)11-16(25)12-18(21)26/h4-13H,1-3H3/b27-13+. The molecule has 0 fully saturated rings. The van der Waals surface area contributed by atoms with Crippen LogP contribution in [0.25, 0.3) is 22.3 Å². The fraction of sp³-hybridized carbons (Fsp3) is 0.125. The van der Waals surface area contributed by atoms with Crippen molar-refractivity contribution in [3.05, 3.63) is 79.5 Å². The number of aromatic nitrogens is 2. The van der Waals surface area contributed by atoms with Gasteiger partial charge in [0, 0.05) is 20.1 Å². The first-order valence-electron chi connectivity index (χ1n) is 9.78. The van der Waals surface area contributed by atoms with Gasteiger partial charge in [0.2, 0.25) is 5.75 Å². The van der Waals surface area contributed by atoms with Crippen molar-refractivity contribution in [2.24, 2.45) is 5.10 Å². The van der Waals surface area contributed by atoms with E-state index >= 15 is 0 Å². The number of methoxy groups -OCH3 is 3. The zero-order valence-corrected chi connectivity index (χ0v) is 21.2. The summed E-state index contributed by atoms with van der Waals surface area (Å²) in [7, 11) is 4.62. The second kappa shape index (κ2) is 9.76. The maximum absolute atomic E-state index is 13.5. The smallest absolute Gasteiger partial charge is 0.282 e. The highest BCUT2D eigenvalue weighted by molar-refractivity contribution is 9.11. The highest BCUT2D eigenvalue weighted by Crippen LogP contribution is 2.37. The van der Waals surface area contributed by atoms with Crippen LogP contribution in [0.1, 0.15) is 5.56 Å². The monoisotopic (exact) mass is 571 g/mol. The maximum Gasteiger partial charge on any atom is 0.282 e. The van der Waals surface area contributed by atoms with Gasteiger partial charge in [-0.1, -0.05) is 46.3 Å². The minimum Gasteiger partial charge on any atom is -0.493 e. The summed E-state index contributed by atoms with van der Waals surface area (Å²) in [5.41, 5.74) is 1.67. The van der Waals surface area contributed by atoms with E-state index < -0.39 is 0 Å². The SMILES string of the molecule is COc1cc(/C=N/n2c(-c3ccccc3)nc3c(Br)cc(Br)cc3c2=O)cc(OC)c1OC. The molecule has 0 saturated carbocycles. The van der Waals surface area contributed by atoms with E-state index in [9.17, 15) is 4.79 Å². The molecule has 9 heteroatoms. The topological polar surface area (TPSA) is 74.9 Å². The second-order valence-electron chi connectivity index (χ2n) is 6.91. The third kappa shape index (κ3) is 4.51. The lowest BCUT2D eigenvalue weighted by atomic mass is 10.2. The van der Waals surface area contributed by atoms with Crippen molar-refractivity contribution in [3.63, 3.8) is 0 Å². The average Bonchev–Trinajstić information content (AvgIpc) is 2.83. The summed E-state index contributed by atoms with van der Waals surface area (Å²) in [6.07, 6.45) is 1.55. The van der Waals surface area contributed by atoms with E-state index in [-0.39, 0.29) is 5.56 Å². The summed E-state index contributed by atoms with van der Waals surface area (Å²) >= 11 is 6.96. The maximum atomic E-state index is 13.5. The molecule has 0 saturated heterocycles. The number of nitrogens with zero attached hydrogens (tertiary/aromatic N) is 3. The molecule has 1 heterocycles. The summed E-state index contributed by atoms with van der Waals surface area (Å²) < 4.78 is 19.0. The van der Waals surface area contributed by atoms with E-state index in [1.807, 2.05) is 36.4 Å². The predicted octanol–water partition coefficient (Wildman–Crippen LogP) is 5.50. The normalized spacial score (nSPS) is 11.2. The third-order valence-electron chi connectivity index (χ3n) is 4.91. The molecular weight excluding hydrogens is 554 g/mol. The zero-order chi connectivity index (χ0) is 23.5. The van der Waals surface area contributed by atoms with E-state index in [1.54, 1.807) is 38.6 Å². The Morgan fingerprint density at radius 3 is 2.21 bits per heavy atom. The summed E-state index contributed by atoms with van der Waals surface area (Å²) in [5.74, 6) is 1.86. The van der Waals surface area contributed by atoms with Gasteiger partial charge in [-0.2, -0.15) is 9.78 Å². The van der Waals surface area contributed by atoms with Crippen LogP contribution in [0.3, 0.4) is 0 Å². The molecule has 168 valence electrons. The van der Waals surface area contributed by atoms with Gasteiger partial charge in [0.15, 0.2) is 17.3 Å². The van der Waals surface area contributed by atoms with Gasteiger partial charge >= 0.3 is 0 Å². The molecular formula is C24H19Br2N3O4. The number of hydrogen-bond acceptors (Lipinski definition) is 6. The predicted molar refractivity (Wildman–Crippen MR) is 136 cm³/mol. The van der Waals surface area contributed by atoms with E-state index in [1.165, 1.54) is 11.8 Å². The molecule has 0 radical (unpaired) electrons. The van der Waals surface area contributed by atoms with Crippen molar-refractivity contribution < 1.29 is 14.2 Å². The van der Waals surface area contributed by atoms with Gasteiger partial charge in [-0.15, -0.1) is 0 Å². The summed E-state index contributed by atoms with van der Waals surface area (Å²) in [4.78, 5) is 18.3. The molecule has 0 spiro atoms. The first kappa shape index (κ1) is 23.0. The van der Waals surface area contributed by atoms with Crippen molar-refractivity contribution >= 4 is 49.0 Å². The van der Waals surface area contributed by atoms with Crippen LogP contribution < -0.4 is 19.8 Å². The van der Waals surface area contributed by atoms with Crippen molar-refractivity contribution in [2.75, 3.05) is 21.3 Å². The summed E-state index contributed by atoms with van der Waals surface area (Å²) in [6.45, 7) is 0. The number of halogens is 2. The zero-order valence-electron chi connectivity index (χ0n) is 18.0. The van der Waals surface area contributed by atoms with Gasteiger partial charge in [0.1, 0.15) is 0 Å². The lowest BCUT2D eigenvalue weighted by molar-refractivity contribution is 0.324. The van der Waals surface area contributed by atoms with Crippen LogP contribution in [0.5, 0.6) is 17.2 Å². The van der Waals surface area contributed by atoms with Crippen LogP contribution >= 0.6 is 31.9 Å². The number of hydrogen-bond donors (Lipinski definition) is 0. The average molecular weight is 573 g/mol. The Bertz CT molecular complexity index is 1390.